The lowest BCUT2D eigenvalue weighted by molar-refractivity contribution is -0.144. The molecule has 14 nitrogen and oxygen atoms in total. The molecular formula is C60H74Cl2N4O10. The van der Waals surface area contributed by atoms with Gasteiger partial charge in [0.2, 0.25) is 23.6 Å². The average molecular weight is 1080 g/mol. The summed E-state index contributed by atoms with van der Waals surface area (Å²) in [6.07, 6.45) is 7.82. The molecule has 0 bridgehead atoms. The molecule has 2 aliphatic carbocycles. The quantitative estimate of drug-likeness (QED) is 0.0714. The Morgan fingerprint density at radius 1 is 0.539 bits per heavy atom. The van der Waals surface area contributed by atoms with Crippen molar-refractivity contribution in [1.29, 1.82) is 0 Å². The first-order chi connectivity index (χ1) is 36.4. The van der Waals surface area contributed by atoms with Gasteiger partial charge in [-0.1, -0.05) is 71.7 Å². The predicted molar refractivity (Wildman–Crippen MR) is 292 cm³/mol. The molecule has 0 aromatic heterocycles. The highest BCUT2D eigenvalue weighted by molar-refractivity contribution is 6.30. The molecule has 4 aromatic carbocycles. The number of carboxylic acid groups (broad SMARTS) is 2. The Balaban J connectivity index is 0.000000221. The summed E-state index contributed by atoms with van der Waals surface area (Å²) in [5.41, 5.74) is 6.72. The first-order valence-electron chi connectivity index (χ1n) is 27.0. The molecule has 2 atom stereocenters. The summed E-state index contributed by atoms with van der Waals surface area (Å²) in [4.78, 5) is 77.6. The van der Waals surface area contributed by atoms with E-state index in [1.54, 1.807) is 0 Å². The summed E-state index contributed by atoms with van der Waals surface area (Å²) in [5.74, 6) is 0.116. The minimum atomic E-state index is -0.675. The van der Waals surface area contributed by atoms with Crippen LogP contribution in [0.1, 0.15) is 136 Å². The molecule has 408 valence electrons. The fourth-order valence-electron chi connectivity index (χ4n) is 11.1. The molecule has 4 fully saturated rings. The normalized spacial score (nSPS) is 20.7. The van der Waals surface area contributed by atoms with Crippen molar-refractivity contribution in [3.63, 3.8) is 0 Å². The molecule has 4 amide bonds. The summed E-state index contributed by atoms with van der Waals surface area (Å²) in [5, 5.41) is 20.2. The summed E-state index contributed by atoms with van der Waals surface area (Å²) in [6.45, 7) is 12.8. The van der Waals surface area contributed by atoms with Gasteiger partial charge in [-0.2, -0.15) is 0 Å². The third kappa shape index (κ3) is 16.1. The van der Waals surface area contributed by atoms with Crippen LogP contribution >= 0.6 is 23.2 Å². The van der Waals surface area contributed by atoms with Crippen molar-refractivity contribution < 1.29 is 48.5 Å². The number of rotatable bonds is 22. The summed E-state index contributed by atoms with van der Waals surface area (Å²) in [6, 6.07) is 28.6. The van der Waals surface area contributed by atoms with Crippen molar-refractivity contribution in [1.82, 2.24) is 19.6 Å². The molecule has 4 aliphatic rings. The molecular weight excluding hydrogens is 1010 g/mol. The van der Waals surface area contributed by atoms with Crippen LogP contribution in [0.4, 0.5) is 0 Å². The van der Waals surface area contributed by atoms with Crippen molar-refractivity contribution in [2.45, 2.75) is 130 Å². The van der Waals surface area contributed by atoms with E-state index in [1.807, 2.05) is 50.2 Å². The van der Waals surface area contributed by atoms with Gasteiger partial charge in [0.05, 0.1) is 24.9 Å². The van der Waals surface area contributed by atoms with Crippen molar-refractivity contribution in [3.05, 3.63) is 128 Å². The molecule has 2 saturated carbocycles. The van der Waals surface area contributed by atoms with Crippen LogP contribution in [0.25, 0.3) is 0 Å². The van der Waals surface area contributed by atoms with Gasteiger partial charge in [0.25, 0.3) is 0 Å². The molecule has 2 saturated heterocycles. The molecule has 76 heavy (non-hydrogen) atoms. The first kappa shape index (κ1) is 57.9. The molecule has 2 heterocycles. The van der Waals surface area contributed by atoms with Crippen molar-refractivity contribution in [2.24, 2.45) is 23.7 Å². The SMILES string of the molecule is Cc1cc(CN(CC2CCC(C(=O)O)CC2)[C@@H](C)c2ccc(Cl)cc2)ccc1OCCN1C(=O)CCC1=O.Cc1cc(CN(CC2CCC(C(=O)O)CC2)[C@@H](C)c2ccc(Cl)cc2)ccc1OCCN1C(=O)CCC1=O. The number of hydrogen-bond acceptors (Lipinski definition) is 10. The van der Waals surface area contributed by atoms with Crippen LogP contribution in [-0.2, 0) is 41.9 Å². The number of imide groups is 2. The van der Waals surface area contributed by atoms with Crippen LogP contribution in [0, 0.1) is 37.5 Å². The lowest BCUT2D eigenvalue weighted by atomic mass is 9.81. The van der Waals surface area contributed by atoms with Gasteiger partial charge < -0.3 is 19.7 Å². The summed E-state index contributed by atoms with van der Waals surface area (Å²) >= 11 is 12.3. The minimum absolute atomic E-state index is 0.128. The van der Waals surface area contributed by atoms with Gasteiger partial charge in [0.1, 0.15) is 24.7 Å². The first-order valence-corrected chi connectivity index (χ1v) is 27.7. The number of carbonyl (C=O) groups is 6. The standard InChI is InChI=1S/2C30H37ClN2O5/c2*1-20-17-23(5-12-27(20)38-16-15-33-28(34)13-14-29(33)35)19-32(21(2)24-8-10-26(31)11-9-24)18-22-3-6-25(7-4-22)30(36)37/h2*5,8-12,17,21-22,25H,3-4,6-7,13-16,18-19H2,1-2H3,(H,36,37)/t2*21-,22?,25?/m00/s1. The third-order valence-electron chi connectivity index (χ3n) is 15.9. The van der Waals surface area contributed by atoms with Crippen molar-refractivity contribution in [2.75, 3.05) is 39.4 Å². The summed E-state index contributed by atoms with van der Waals surface area (Å²) in [7, 11) is 0. The Morgan fingerprint density at radius 3 is 1.17 bits per heavy atom. The van der Waals surface area contributed by atoms with E-state index in [-0.39, 0.29) is 73.9 Å². The molecule has 0 radical (unpaired) electrons. The van der Waals surface area contributed by atoms with Crippen LogP contribution in [-0.4, -0.2) is 105 Å². The topological polar surface area (TPSA) is 174 Å². The zero-order chi connectivity index (χ0) is 54.5. The molecule has 0 spiro atoms. The number of hydrogen-bond donors (Lipinski definition) is 2. The number of aryl methyl sites for hydroxylation is 2. The predicted octanol–water partition coefficient (Wildman–Crippen LogP) is 11.3. The highest BCUT2D eigenvalue weighted by atomic mass is 35.5. The number of carbonyl (C=O) groups excluding carboxylic acids is 4. The number of amides is 4. The lowest BCUT2D eigenvalue weighted by Gasteiger charge is -2.35. The van der Waals surface area contributed by atoms with E-state index < -0.39 is 11.9 Å². The number of benzene rings is 4. The zero-order valence-electron chi connectivity index (χ0n) is 44.4. The van der Waals surface area contributed by atoms with Crippen LogP contribution < -0.4 is 9.47 Å². The lowest BCUT2D eigenvalue weighted by Crippen LogP contribution is -2.34. The van der Waals surface area contributed by atoms with Crippen LogP contribution in [0.5, 0.6) is 11.5 Å². The van der Waals surface area contributed by atoms with E-state index in [9.17, 15) is 39.0 Å². The van der Waals surface area contributed by atoms with E-state index in [2.05, 4.69) is 72.2 Å². The van der Waals surface area contributed by atoms with E-state index >= 15 is 0 Å². The van der Waals surface area contributed by atoms with E-state index in [1.165, 1.54) is 32.1 Å². The second-order valence-corrected chi connectivity index (χ2v) is 22.1. The third-order valence-corrected chi connectivity index (χ3v) is 16.4. The molecule has 2 aliphatic heterocycles. The maximum Gasteiger partial charge on any atom is 0.306 e. The van der Waals surface area contributed by atoms with Gasteiger partial charge in [-0.15, -0.1) is 0 Å². The van der Waals surface area contributed by atoms with E-state index in [0.29, 0.717) is 47.6 Å². The van der Waals surface area contributed by atoms with Gasteiger partial charge in [-0.3, -0.25) is 48.4 Å². The Kier molecular flexibility index (Phi) is 20.9. The minimum Gasteiger partial charge on any atom is -0.491 e. The number of ether oxygens (including phenoxy) is 2. The number of likely N-dealkylation sites (tertiary alicyclic amines) is 2. The monoisotopic (exact) mass is 1080 g/mol. The highest BCUT2D eigenvalue weighted by Gasteiger charge is 2.32. The highest BCUT2D eigenvalue weighted by Crippen LogP contribution is 2.35. The van der Waals surface area contributed by atoms with E-state index in [4.69, 9.17) is 32.7 Å². The molecule has 4 aromatic rings. The Bertz CT molecular complexity index is 2440. The second-order valence-electron chi connectivity index (χ2n) is 21.2. The Hall–Kier alpha value is -5.80. The summed E-state index contributed by atoms with van der Waals surface area (Å²) < 4.78 is 11.8. The number of aliphatic carboxylic acids is 2. The fraction of sp³-hybridized carbons (Fsp3) is 0.500. The van der Waals surface area contributed by atoms with Crippen LogP contribution in [0.3, 0.4) is 0 Å². The Labute approximate surface area is 457 Å². The molecule has 16 heteroatoms. The van der Waals surface area contributed by atoms with Gasteiger partial charge in [0.15, 0.2) is 0 Å². The largest absolute Gasteiger partial charge is 0.491 e. The average Bonchev–Trinajstić information content (AvgIpc) is 3.90. The van der Waals surface area contributed by atoms with E-state index in [0.717, 1.165) is 100 Å². The van der Waals surface area contributed by atoms with Crippen molar-refractivity contribution in [3.8, 4) is 11.5 Å². The number of nitrogens with zero attached hydrogens (tertiary/aromatic N) is 4. The van der Waals surface area contributed by atoms with Gasteiger partial charge in [0, 0.05) is 74.0 Å². The van der Waals surface area contributed by atoms with Crippen LogP contribution in [0.15, 0.2) is 84.9 Å². The smallest absolute Gasteiger partial charge is 0.306 e. The van der Waals surface area contributed by atoms with Gasteiger partial charge in [-0.05, 0) is 161 Å². The zero-order valence-corrected chi connectivity index (χ0v) is 45.9. The molecule has 0 unspecified atom stereocenters. The van der Waals surface area contributed by atoms with Gasteiger partial charge in [-0.25, -0.2) is 0 Å². The van der Waals surface area contributed by atoms with Crippen LogP contribution in [0.2, 0.25) is 10.0 Å². The van der Waals surface area contributed by atoms with Gasteiger partial charge >= 0.3 is 11.9 Å². The Morgan fingerprint density at radius 2 is 0.868 bits per heavy atom. The molecule has 8 rings (SSSR count). The maximum absolute atomic E-state index is 11.8. The van der Waals surface area contributed by atoms with Crippen molar-refractivity contribution >= 4 is 58.8 Å². The number of carboxylic acids is 2. The maximum atomic E-state index is 11.8. The fourth-order valence-corrected chi connectivity index (χ4v) is 11.4. The second kappa shape index (κ2) is 27.5. The number of halogens is 2. The molecule has 2 N–H and O–H groups in total.